The first-order chi connectivity index (χ1) is 9.41. The Labute approximate surface area is 114 Å². The lowest BCUT2D eigenvalue weighted by Crippen LogP contribution is -2.25. The van der Waals surface area contributed by atoms with Crippen LogP contribution in [0, 0.1) is 0 Å². The average molecular weight is 279 g/mol. The van der Waals surface area contributed by atoms with E-state index in [0.717, 1.165) is 11.0 Å². The Morgan fingerprint density at radius 1 is 0.950 bits per heavy atom. The van der Waals surface area contributed by atoms with Crippen molar-refractivity contribution in [2.24, 2.45) is 0 Å². The van der Waals surface area contributed by atoms with Crippen LogP contribution in [0.1, 0.15) is 12.5 Å². The van der Waals surface area contributed by atoms with Gasteiger partial charge >= 0.3 is 6.18 Å². The van der Waals surface area contributed by atoms with Crippen LogP contribution in [0.3, 0.4) is 0 Å². The molecule has 104 valence electrons. The number of carbonyl (C=O) groups excluding carboxylic acids is 1. The summed E-state index contributed by atoms with van der Waals surface area (Å²) in [6.45, 7) is 1.24. The Bertz CT molecular complexity index is 608. The molecule has 2 aromatic rings. The second kappa shape index (κ2) is 5.36. The minimum atomic E-state index is -4.51. The minimum Gasteiger partial charge on any atom is -0.281 e. The standard InChI is InChI=1S/C15H12F3NO/c1-11(20)19(12-7-3-2-4-8-12)14-10-6-5-9-13(14)15(16,17)18/h2-10H,1H3. The summed E-state index contributed by atoms with van der Waals surface area (Å²) in [6, 6.07) is 13.3. The quantitative estimate of drug-likeness (QED) is 0.798. The monoisotopic (exact) mass is 279 g/mol. The Kier molecular flexibility index (Phi) is 3.79. The van der Waals surface area contributed by atoms with Crippen LogP contribution in [0.5, 0.6) is 0 Å². The van der Waals surface area contributed by atoms with Gasteiger partial charge in [-0.15, -0.1) is 0 Å². The van der Waals surface area contributed by atoms with Crippen LogP contribution in [0.15, 0.2) is 54.6 Å². The summed E-state index contributed by atoms with van der Waals surface area (Å²) in [5.41, 5.74) is -0.602. The van der Waals surface area contributed by atoms with Crippen LogP contribution < -0.4 is 4.90 Å². The van der Waals surface area contributed by atoms with Gasteiger partial charge in [0.1, 0.15) is 0 Å². The van der Waals surface area contributed by atoms with Crippen molar-refractivity contribution in [3.63, 3.8) is 0 Å². The fourth-order valence-corrected chi connectivity index (χ4v) is 1.98. The normalized spacial score (nSPS) is 11.2. The summed E-state index contributed by atoms with van der Waals surface area (Å²) in [4.78, 5) is 12.8. The fourth-order valence-electron chi connectivity index (χ4n) is 1.98. The third-order valence-electron chi connectivity index (χ3n) is 2.78. The smallest absolute Gasteiger partial charge is 0.281 e. The van der Waals surface area contributed by atoms with Crippen molar-refractivity contribution in [1.29, 1.82) is 0 Å². The largest absolute Gasteiger partial charge is 0.418 e. The SMILES string of the molecule is CC(=O)N(c1ccccc1)c1ccccc1C(F)(F)F. The van der Waals surface area contributed by atoms with E-state index in [1.165, 1.54) is 25.1 Å². The molecule has 1 amide bonds. The molecule has 0 N–H and O–H groups in total. The molecule has 0 aromatic heterocycles. The Hall–Kier alpha value is -2.30. The Morgan fingerprint density at radius 2 is 1.50 bits per heavy atom. The number of anilines is 2. The van der Waals surface area contributed by atoms with Crippen molar-refractivity contribution in [1.82, 2.24) is 0 Å². The van der Waals surface area contributed by atoms with E-state index in [9.17, 15) is 18.0 Å². The summed E-state index contributed by atoms with van der Waals surface area (Å²) < 4.78 is 39.1. The molecule has 2 aromatic carbocycles. The highest BCUT2D eigenvalue weighted by Crippen LogP contribution is 2.38. The van der Waals surface area contributed by atoms with Gasteiger partial charge in [-0.2, -0.15) is 13.2 Å². The summed E-state index contributed by atoms with van der Waals surface area (Å²) in [5, 5.41) is 0. The lowest BCUT2D eigenvalue weighted by atomic mass is 10.1. The number of hydrogen-bond acceptors (Lipinski definition) is 1. The van der Waals surface area contributed by atoms with Gasteiger partial charge in [-0.1, -0.05) is 30.3 Å². The van der Waals surface area contributed by atoms with Gasteiger partial charge in [0.2, 0.25) is 5.91 Å². The van der Waals surface area contributed by atoms with E-state index in [1.807, 2.05) is 0 Å². The molecule has 0 fully saturated rings. The molecule has 0 bridgehead atoms. The zero-order valence-electron chi connectivity index (χ0n) is 10.7. The first-order valence-electron chi connectivity index (χ1n) is 5.93. The summed E-state index contributed by atoms with van der Waals surface area (Å²) in [5.74, 6) is -0.479. The number of hydrogen-bond donors (Lipinski definition) is 0. The lowest BCUT2D eigenvalue weighted by Gasteiger charge is -2.24. The molecule has 0 aliphatic rings. The first-order valence-corrected chi connectivity index (χ1v) is 5.93. The maximum Gasteiger partial charge on any atom is 0.418 e. The van der Waals surface area contributed by atoms with Gasteiger partial charge in [-0.05, 0) is 24.3 Å². The highest BCUT2D eigenvalue weighted by Gasteiger charge is 2.35. The molecule has 0 saturated carbocycles. The van der Waals surface area contributed by atoms with Crippen molar-refractivity contribution in [3.8, 4) is 0 Å². The maximum absolute atomic E-state index is 13.0. The van der Waals surface area contributed by atoms with Crippen LogP contribution in [0.2, 0.25) is 0 Å². The molecular formula is C15H12F3NO. The fraction of sp³-hybridized carbons (Fsp3) is 0.133. The van der Waals surface area contributed by atoms with E-state index >= 15 is 0 Å². The zero-order chi connectivity index (χ0) is 14.8. The third kappa shape index (κ3) is 2.82. The van der Waals surface area contributed by atoms with Gasteiger partial charge in [0.15, 0.2) is 0 Å². The van der Waals surface area contributed by atoms with Crippen LogP contribution in [-0.2, 0) is 11.0 Å². The summed E-state index contributed by atoms with van der Waals surface area (Å²) in [6.07, 6.45) is -4.51. The van der Waals surface area contributed by atoms with Crippen molar-refractivity contribution >= 4 is 17.3 Å². The molecule has 0 heterocycles. The summed E-state index contributed by atoms with van der Waals surface area (Å²) in [7, 11) is 0. The number of para-hydroxylation sites is 2. The molecule has 20 heavy (non-hydrogen) atoms. The van der Waals surface area contributed by atoms with Gasteiger partial charge in [0, 0.05) is 12.6 Å². The second-order valence-electron chi connectivity index (χ2n) is 4.20. The molecule has 0 unspecified atom stereocenters. The van der Waals surface area contributed by atoms with Crippen molar-refractivity contribution in [2.45, 2.75) is 13.1 Å². The average Bonchev–Trinajstić information content (AvgIpc) is 2.39. The molecule has 0 radical (unpaired) electrons. The van der Waals surface area contributed by atoms with Gasteiger partial charge in [0.05, 0.1) is 11.3 Å². The number of amides is 1. The Balaban J connectivity index is 2.60. The highest BCUT2D eigenvalue weighted by molar-refractivity contribution is 5.99. The summed E-state index contributed by atoms with van der Waals surface area (Å²) >= 11 is 0. The van der Waals surface area contributed by atoms with E-state index in [2.05, 4.69) is 0 Å². The second-order valence-corrected chi connectivity index (χ2v) is 4.20. The van der Waals surface area contributed by atoms with Crippen molar-refractivity contribution in [3.05, 3.63) is 60.2 Å². The predicted octanol–water partition coefficient (Wildman–Crippen LogP) is 4.39. The number of nitrogens with zero attached hydrogens (tertiary/aromatic N) is 1. The molecule has 0 aliphatic heterocycles. The topological polar surface area (TPSA) is 20.3 Å². The first kappa shape index (κ1) is 14.1. The van der Waals surface area contributed by atoms with E-state index in [0.29, 0.717) is 5.69 Å². The van der Waals surface area contributed by atoms with Crippen LogP contribution in [0.25, 0.3) is 0 Å². The van der Waals surface area contributed by atoms with Gasteiger partial charge in [0.25, 0.3) is 0 Å². The lowest BCUT2D eigenvalue weighted by molar-refractivity contribution is -0.137. The number of halogens is 3. The number of rotatable bonds is 2. The number of benzene rings is 2. The molecule has 0 aliphatic carbocycles. The molecule has 0 atom stereocenters. The predicted molar refractivity (Wildman–Crippen MR) is 70.7 cm³/mol. The molecule has 2 nitrogen and oxygen atoms in total. The molecule has 0 spiro atoms. The van der Waals surface area contributed by atoms with E-state index in [-0.39, 0.29) is 5.69 Å². The van der Waals surface area contributed by atoms with Gasteiger partial charge < -0.3 is 0 Å². The minimum absolute atomic E-state index is 0.168. The van der Waals surface area contributed by atoms with E-state index < -0.39 is 17.6 Å². The number of alkyl halides is 3. The molecular weight excluding hydrogens is 267 g/mol. The van der Waals surface area contributed by atoms with Gasteiger partial charge in [-0.25, -0.2) is 0 Å². The van der Waals surface area contributed by atoms with E-state index in [1.54, 1.807) is 30.3 Å². The zero-order valence-corrected chi connectivity index (χ0v) is 10.7. The van der Waals surface area contributed by atoms with Crippen molar-refractivity contribution in [2.75, 3.05) is 4.90 Å². The molecule has 2 rings (SSSR count). The van der Waals surface area contributed by atoms with Crippen LogP contribution in [0.4, 0.5) is 24.5 Å². The highest BCUT2D eigenvalue weighted by atomic mass is 19.4. The van der Waals surface area contributed by atoms with Gasteiger partial charge in [-0.3, -0.25) is 9.69 Å². The Morgan fingerprint density at radius 3 is 2.05 bits per heavy atom. The van der Waals surface area contributed by atoms with E-state index in [4.69, 9.17) is 0 Å². The molecule has 5 heteroatoms. The third-order valence-corrected chi connectivity index (χ3v) is 2.78. The number of carbonyl (C=O) groups is 1. The van der Waals surface area contributed by atoms with Crippen molar-refractivity contribution < 1.29 is 18.0 Å². The maximum atomic E-state index is 13.0. The van der Waals surface area contributed by atoms with Crippen LogP contribution in [-0.4, -0.2) is 5.91 Å². The molecule has 0 saturated heterocycles. The van der Waals surface area contributed by atoms with Crippen LogP contribution >= 0.6 is 0 Å².